The summed E-state index contributed by atoms with van der Waals surface area (Å²) in [6.45, 7) is 5.97. The molecule has 0 aromatic carbocycles. The van der Waals surface area contributed by atoms with Crippen molar-refractivity contribution in [2.75, 3.05) is 0 Å². The minimum atomic E-state index is -0.959. The van der Waals surface area contributed by atoms with E-state index < -0.39 is 5.67 Å². The van der Waals surface area contributed by atoms with Gasteiger partial charge in [0.25, 0.3) is 0 Å². The van der Waals surface area contributed by atoms with Crippen molar-refractivity contribution in [2.45, 2.75) is 32.0 Å². The van der Waals surface area contributed by atoms with Crippen molar-refractivity contribution in [3.8, 4) is 0 Å². The molecular weight excluding hydrogens is 181 g/mol. The molecule has 1 aromatic heterocycles. The summed E-state index contributed by atoms with van der Waals surface area (Å²) in [6, 6.07) is 0. The van der Waals surface area contributed by atoms with Crippen LogP contribution in [0.1, 0.15) is 25.5 Å². The molecule has 0 atom stereocenters. The fourth-order valence-electron chi connectivity index (χ4n) is 2.00. The van der Waals surface area contributed by atoms with E-state index in [2.05, 4.69) is 16.8 Å². The third-order valence-corrected chi connectivity index (χ3v) is 2.61. The highest BCUT2D eigenvalue weighted by Crippen LogP contribution is 2.41. The maximum atomic E-state index is 13.2. The molecule has 76 valence electrons. The first kappa shape index (κ1) is 9.37. The van der Waals surface area contributed by atoms with Crippen LogP contribution in [0, 0.1) is 5.92 Å². The van der Waals surface area contributed by atoms with E-state index in [9.17, 15) is 4.39 Å². The largest absolute Gasteiger partial charge is 0.244 e. The molecular formula is C10H14FN3. The van der Waals surface area contributed by atoms with Crippen molar-refractivity contribution >= 4 is 6.08 Å². The number of halogens is 1. The molecule has 0 saturated heterocycles. The normalized spacial score (nSPS) is 31.1. The van der Waals surface area contributed by atoms with Crippen LogP contribution in [-0.4, -0.2) is 20.7 Å². The quantitative estimate of drug-likeness (QED) is 0.739. The standard InChI is InChI=1S/C10H14FN3/c1-3-9-6-12-14(13-9)7-8-4-10(2,11)5-8/h3,6,8H,1,4-5,7H2,2H3. The Kier molecular flexibility index (Phi) is 2.13. The Morgan fingerprint density at radius 3 is 3.00 bits per heavy atom. The van der Waals surface area contributed by atoms with Gasteiger partial charge >= 0.3 is 0 Å². The summed E-state index contributed by atoms with van der Waals surface area (Å²) < 4.78 is 13.2. The molecule has 3 nitrogen and oxygen atoms in total. The Balaban J connectivity index is 1.90. The van der Waals surface area contributed by atoms with Crippen LogP contribution in [0.4, 0.5) is 4.39 Å². The van der Waals surface area contributed by atoms with E-state index >= 15 is 0 Å². The second-order valence-corrected chi connectivity index (χ2v) is 4.22. The number of hydrogen-bond donors (Lipinski definition) is 0. The van der Waals surface area contributed by atoms with Crippen molar-refractivity contribution in [3.63, 3.8) is 0 Å². The highest BCUT2D eigenvalue weighted by Gasteiger charge is 2.40. The molecule has 1 saturated carbocycles. The van der Waals surface area contributed by atoms with Gasteiger partial charge in [0.2, 0.25) is 0 Å². The molecule has 14 heavy (non-hydrogen) atoms. The van der Waals surface area contributed by atoms with Crippen molar-refractivity contribution in [2.24, 2.45) is 5.92 Å². The van der Waals surface area contributed by atoms with Crippen molar-refractivity contribution in [1.82, 2.24) is 15.0 Å². The summed E-state index contributed by atoms with van der Waals surface area (Å²) in [7, 11) is 0. The third-order valence-electron chi connectivity index (χ3n) is 2.61. The van der Waals surface area contributed by atoms with E-state index in [1.807, 2.05) is 0 Å². The maximum absolute atomic E-state index is 13.2. The van der Waals surface area contributed by atoms with Crippen LogP contribution in [0.2, 0.25) is 0 Å². The lowest BCUT2D eigenvalue weighted by molar-refractivity contribution is 0.0136. The molecule has 1 aromatic rings. The van der Waals surface area contributed by atoms with E-state index in [1.54, 1.807) is 24.0 Å². The Hall–Kier alpha value is -1.19. The molecule has 1 heterocycles. The van der Waals surface area contributed by atoms with Gasteiger partial charge in [-0.15, -0.1) is 0 Å². The van der Waals surface area contributed by atoms with Crippen molar-refractivity contribution in [3.05, 3.63) is 18.5 Å². The van der Waals surface area contributed by atoms with Gasteiger partial charge in [0.15, 0.2) is 0 Å². The maximum Gasteiger partial charge on any atom is 0.109 e. The zero-order chi connectivity index (χ0) is 10.2. The van der Waals surface area contributed by atoms with Crippen molar-refractivity contribution < 1.29 is 4.39 Å². The molecule has 0 bridgehead atoms. The topological polar surface area (TPSA) is 30.7 Å². The van der Waals surface area contributed by atoms with Gasteiger partial charge in [0.1, 0.15) is 11.4 Å². The highest BCUT2D eigenvalue weighted by molar-refractivity contribution is 5.38. The molecule has 4 heteroatoms. The Labute approximate surface area is 82.6 Å². The molecule has 0 spiro atoms. The molecule has 1 fully saturated rings. The van der Waals surface area contributed by atoms with E-state index in [-0.39, 0.29) is 0 Å². The van der Waals surface area contributed by atoms with E-state index in [1.165, 1.54) is 0 Å². The number of rotatable bonds is 3. The first-order valence-electron chi connectivity index (χ1n) is 4.80. The zero-order valence-corrected chi connectivity index (χ0v) is 8.28. The van der Waals surface area contributed by atoms with Gasteiger partial charge in [-0.2, -0.15) is 15.0 Å². The third kappa shape index (κ3) is 1.84. The van der Waals surface area contributed by atoms with Crippen LogP contribution in [-0.2, 0) is 6.54 Å². The van der Waals surface area contributed by atoms with Crippen LogP contribution < -0.4 is 0 Å². The second-order valence-electron chi connectivity index (χ2n) is 4.22. The minimum Gasteiger partial charge on any atom is -0.244 e. The summed E-state index contributed by atoms with van der Waals surface area (Å²) in [6.07, 6.45) is 4.57. The molecule has 1 aliphatic carbocycles. The first-order valence-corrected chi connectivity index (χ1v) is 4.80. The summed E-state index contributed by atoms with van der Waals surface area (Å²) in [4.78, 5) is 1.62. The molecule has 0 unspecified atom stereocenters. The molecule has 0 radical (unpaired) electrons. The predicted molar refractivity (Wildman–Crippen MR) is 52.4 cm³/mol. The lowest BCUT2D eigenvalue weighted by Gasteiger charge is -2.38. The average Bonchev–Trinajstić information content (AvgIpc) is 2.49. The average molecular weight is 195 g/mol. The van der Waals surface area contributed by atoms with Gasteiger partial charge in [0, 0.05) is 0 Å². The molecule has 2 rings (SSSR count). The summed E-state index contributed by atoms with van der Waals surface area (Å²) in [5.74, 6) is 0.384. The van der Waals surface area contributed by atoms with Gasteiger partial charge in [-0.25, -0.2) is 4.39 Å². The number of aromatic nitrogens is 3. The van der Waals surface area contributed by atoms with Gasteiger partial charge in [-0.05, 0) is 31.8 Å². The lowest BCUT2D eigenvalue weighted by Crippen LogP contribution is -2.39. The number of nitrogens with zero attached hydrogens (tertiary/aromatic N) is 3. The Morgan fingerprint density at radius 2 is 2.50 bits per heavy atom. The van der Waals surface area contributed by atoms with Gasteiger partial charge < -0.3 is 0 Å². The summed E-state index contributed by atoms with van der Waals surface area (Å²) >= 11 is 0. The molecule has 0 aliphatic heterocycles. The highest BCUT2D eigenvalue weighted by atomic mass is 19.1. The van der Waals surface area contributed by atoms with Crippen LogP contribution in [0.3, 0.4) is 0 Å². The van der Waals surface area contributed by atoms with Crippen molar-refractivity contribution in [1.29, 1.82) is 0 Å². The second kappa shape index (κ2) is 3.19. The summed E-state index contributed by atoms with van der Waals surface area (Å²) in [5, 5.41) is 8.23. The van der Waals surface area contributed by atoms with Crippen LogP contribution in [0.25, 0.3) is 6.08 Å². The predicted octanol–water partition coefficient (Wildman–Crippen LogP) is 2.06. The fourth-order valence-corrected chi connectivity index (χ4v) is 2.00. The first-order chi connectivity index (χ1) is 6.59. The molecule has 0 N–H and O–H groups in total. The molecule has 0 amide bonds. The van der Waals surface area contributed by atoms with Crippen LogP contribution in [0.15, 0.2) is 12.8 Å². The Bertz CT molecular complexity index is 335. The fraction of sp³-hybridized carbons (Fsp3) is 0.600. The summed E-state index contributed by atoms with van der Waals surface area (Å²) in [5.41, 5.74) is -0.189. The monoisotopic (exact) mass is 195 g/mol. The Morgan fingerprint density at radius 1 is 1.79 bits per heavy atom. The minimum absolute atomic E-state index is 0.384. The van der Waals surface area contributed by atoms with Gasteiger partial charge in [-0.3, -0.25) is 0 Å². The van der Waals surface area contributed by atoms with E-state index in [4.69, 9.17) is 0 Å². The van der Waals surface area contributed by atoms with E-state index in [0.29, 0.717) is 25.3 Å². The van der Waals surface area contributed by atoms with Gasteiger partial charge in [-0.1, -0.05) is 6.58 Å². The smallest absolute Gasteiger partial charge is 0.109 e. The van der Waals surface area contributed by atoms with E-state index in [0.717, 1.165) is 5.69 Å². The van der Waals surface area contributed by atoms with Crippen LogP contribution in [0.5, 0.6) is 0 Å². The number of alkyl halides is 1. The number of hydrogen-bond acceptors (Lipinski definition) is 2. The lowest BCUT2D eigenvalue weighted by atomic mass is 9.74. The zero-order valence-electron chi connectivity index (χ0n) is 8.28. The van der Waals surface area contributed by atoms with Crippen LogP contribution >= 0.6 is 0 Å². The SMILES string of the molecule is C=Cc1cnn(CC2CC(C)(F)C2)n1. The molecule has 1 aliphatic rings. The van der Waals surface area contributed by atoms with Gasteiger partial charge in [0.05, 0.1) is 12.7 Å².